The Morgan fingerprint density at radius 1 is 0.694 bits per heavy atom. The van der Waals surface area contributed by atoms with E-state index in [-0.39, 0.29) is 29.8 Å². The molecule has 0 saturated heterocycles. The second-order valence-corrected chi connectivity index (χ2v) is 13.3. The number of ether oxygens (including phenoxy) is 2. The molecule has 2 fully saturated rings. The number of fused-ring (bicyclic) bond motifs is 2. The molecule has 5 unspecified atom stereocenters. The number of alkyl halides is 16. The fourth-order valence-corrected chi connectivity index (χ4v) is 5.46. The molecule has 0 aromatic heterocycles. The van der Waals surface area contributed by atoms with Crippen LogP contribution in [0.2, 0.25) is 0 Å². The first-order valence-corrected chi connectivity index (χ1v) is 14.9. The summed E-state index contributed by atoms with van der Waals surface area (Å²) in [4.78, 5) is 23.1. The number of carbonyl (C=O) groups is 2. The van der Waals surface area contributed by atoms with E-state index in [1.54, 1.807) is 0 Å². The molecule has 2 aliphatic rings. The van der Waals surface area contributed by atoms with E-state index in [0.717, 1.165) is 25.7 Å². The van der Waals surface area contributed by atoms with Crippen LogP contribution in [0.15, 0.2) is 0 Å². The minimum absolute atomic E-state index is 0.00192. The summed E-state index contributed by atoms with van der Waals surface area (Å²) in [6.45, 7) is 10.0. The molecule has 2 bridgehead atoms. The van der Waals surface area contributed by atoms with Gasteiger partial charge in [-0.15, -0.1) is 0 Å². The van der Waals surface area contributed by atoms with Crippen LogP contribution in [0.25, 0.3) is 0 Å². The van der Waals surface area contributed by atoms with Gasteiger partial charge in [-0.05, 0) is 43.4 Å². The van der Waals surface area contributed by atoms with Gasteiger partial charge < -0.3 is 9.47 Å². The molecule has 4 nitrogen and oxygen atoms in total. The van der Waals surface area contributed by atoms with Gasteiger partial charge in [-0.1, -0.05) is 48.5 Å². The Kier molecular flexibility index (Phi) is 12.9. The molecule has 2 saturated carbocycles. The molecule has 0 aromatic carbocycles. The molecule has 2 rings (SSSR count). The highest BCUT2D eigenvalue weighted by Crippen LogP contribution is 2.66. The molecular weight excluding hydrogens is 716 g/mol. The van der Waals surface area contributed by atoms with E-state index in [1.165, 1.54) is 19.8 Å². The lowest BCUT2D eigenvalue weighted by molar-refractivity contribution is -0.447. The molecule has 5 atom stereocenters. The number of rotatable bonds is 14. The van der Waals surface area contributed by atoms with Crippen LogP contribution in [0.1, 0.15) is 80.6 Å². The Morgan fingerprint density at radius 2 is 1.10 bits per heavy atom. The van der Waals surface area contributed by atoms with Crippen molar-refractivity contribution in [1.29, 1.82) is 0 Å². The van der Waals surface area contributed by atoms with Crippen LogP contribution in [0.3, 0.4) is 0 Å². The van der Waals surface area contributed by atoms with E-state index in [1.807, 2.05) is 13.8 Å². The van der Waals surface area contributed by atoms with E-state index in [4.69, 9.17) is 4.74 Å². The van der Waals surface area contributed by atoms with Crippen molar-refractivity contribution in [2.24, 2.45) is 28.6 Å². The van der Waals surface area contributed by atoms with Gasteiger partial charge in [0.1, 0.15) is 6.10 Å². The number of halogens is 16. The third kappa shape index (κ3) is 7.16. The van der Waals surface area contributed by atoms with Crippen LogP contribution in [-0.2, 0) is 19.1 Å². The average molecular weight is 755 g/mol. The van der Waals surface area contributed by atoms with E-state index < -0.39 is 66.4 Å². The molecule has 2 aliphatic carbocycles. The van der Waals surface area contributed by atoms with Crippen LogP contribution in [0.4, 0.5) is 70.2 Å². The second-order valence-electron chi connectivity index (χ2n) is 13.3. The van der Waals surface area contributed by atoms with Gasteiger partial charge in [0.25, 0.3) is 0 Å². The van der Waals surface area contributed by atoms with Crippen LogP contribution in [0.5, 0.6) is 0 Å². The van der Waals surface area contributed by atoms with Crippen molar-refractivity contribution in [2.75, 3.05) is 6.61 Å². The fourth-order valence-electron chi connectivity index (χ4n) is 5.46. The van der Waals surface area contributed by atoms with E-state index >= 15 is 0 Å². The van der Waals surface area contributed by atoms with Gasteiger partial charge >= 0.3 is 59.8 Å². The smallest absolute Gasteiger partial charge is 0.385 e. The molecule has 0 spiro atoms. The first kappa shape index (κ1) is 44.8. The van der Waals surface area contributed by atoms with Gasteiger partial charge in [-0.25, -0.2) is 8.78 Å². The van der Waals surface area contributed by atoms with Crippen LogP contribution in [-0.4, -0.2) is 72.5 Å². The predicted molar refractivity (Wildman–Crippen MR) is 140 cm³/mol. The van der Waals surface area contributed by atoms with Crippen molar-refractivity contribution in [3.05, 3.63) is 0 Å². The highest BCUT2D eigenvalue weighted by atomic mass is 19.4. The molecule has 0 heterocycles. The van der Waals surface area contributed by atoms with Crippen molar-refractivity contribution >= 4 is 11.9 Å². The zero-order valence-corrected chi connectivity index (χ0v) is 27.3. The van der Waals surface area contributed by atoms with Crippen LogP contribution in [0, 0.1) is 28.6 Å². The Bertz CT molecular complexity index is 1170. The average Bonchev–Trinajstić information content (AvgIpc) is 3.32. The van der Waals surface area contributed by atoms with Crippen LogP contribution >= 0.6 is 0 Å². The molecule has 0 N–H and O–H groups in total. The monoisotopic (exact) mass is 754 g/mol. The fraction of sp³-hybridized carbons (Fsp3) is 0.931. The maximum Gasteiger partial charge on any atom is 0.385 e. The van der Waals surface area contributed by atoms with Crippen molar-refractivity contribution in [3.63, 3.8) is 0 Å². The summed E-state index contributed by atoms with van der Waals surface area (Å²) >= 11 is 0. The predicted octanol–water partition coefficient (Wildman–Crippen LogP) is 10.1. The quantitative estimate of drug-likeness (QED) is 0.131. The molecule has 0 amide bonds. The normalized spacial score (nSPS) is 24.7. The third-order valence-electron chi connectivity index (χ3n) is 10.1. The summed E-state index contributed by atoms with van der Waals surface area (Å²) in [5.41, 5.74) is 0.522. The van der Waals surface area contributed by atoms with Gasteiger partial charge in [0.15, 0.2) is 6.61 Å². The summed E-state index contributed by atoms with van der Waals surface area (Å²) in [5, 5.41) is 0. The first-order valence-electron chi connectivity index (χ1n) is 14.9. The topological polar surface area (TPSA) is 52.6 Å². The lowest BCUT2D eigenvalue weighted by Crippen LogP contribution is -2.74. The molecule has 290 valence electrons. The molecule has 0 aliphatic heterocycles. The molecule has 0 aromatic rings. The van der Waals surface area contributed by atoms with Gasteiger partial charge in [0, 0.05) is 5.41 Å². The number of hydrogen-bond acceptors (Lipinski definition) is 4. The van der Waals surface area contributed by atoms with Gasteiger partial charge in [0.05, 0.1) is 11.8 Å². The number of hydrogen-bond donors (Lipinski definition) is 0. The summed E-state index contributed by atoms with van der Waals surface area (Å²) < 4.78 is 219. The van der Waals surface area contributed by atoms with Crippen molar-refractivity contribution in [2.45, 2.75) is 135 Å². The van der Waals surface area contributed by atoms with E-state index in [2.05, 4.69) is 25.5 Å². The first-order chi connectivity index (χ1) is 21.6. The summed E-state index contributed by atoms with van der Waals surface area (Å²) in [7, 11) is 0. The van der Waals surface area contributed by atoms with Gasteiger partial charge in [0.2, 0.25) is 0 Å². The zero-order valence-electron chi connectivity index (χ0n) is 27.3. The second kappa shape index (κ2) is 14.1. The minimum Gasteiger partial charge on any atom is -0.462 e. The van der Waals surface area contributed by atoms with Crippen molar-refractivity contribution in [1.82, 2.24) is 0 Å². The van der Waals surface area contributed by atoms with Gasteiger partial charge in [-0.2, -0.15) is 61.5 Å². The highest BCUT2D eigenvalue weighted by Gasteiger charge is 2.93. The Hall–Kier alpha value is -2.18. The van der Waals surface area contributed by atoms with E-state index in [9.17, 15) is 79.8 Å². The zero-order chi connectivity index (χ0) is 39.2. The number of esters is 2. The molecule has 49 heavy (non-hydrogen) atoms. The Labute approximate surface area is 271 Å². The lowest BCUT2D eigenvalue weighted by atomic mass is 9.70. The Morgan fingerprint density at radius 3 is 1.47 bits per heavy atom. The number of carbonyl (C=O) groups excluding carboxylic acids is 2. The highest BCUT2D eigenvalue weighted by molar-refractivity contribution is 5.72. The van der Waals surface area contributed by atoms with Crippen molar-refractivity contribution < 1.29 is 89.3 Å². The summed E-state index contributed by atoms with van der Waals surface area (Å²) in [5.74, 6) is -57.5. The maximum atomic E-state index is 13.5. The van der Waals surface area contributed by atoms with Crippen LogP contribution < -0.4 is 0 Å². The summed E-state index contributed by atoms with van der Waals surface area (Å²) in [6.07, 6.45) is -1.48. The molecule has 20 heteroatoms. The third-order valence-corrected chi connectivity index (χ3v) is 10.1. The summed E-state index contributed by atoms with van der Waals surface area (Å²) in [6, 6.07) is 0. The van der Waals surface area contributed by atoms with Gasteiger partial charge in [-0.3, -0.25) is 9.59 Å². The minimum atomic E-state index is -8.46. The maximum absolute atomic E-state index is 13.5. The Balaban J connectivity index is 0.000000585. The van der Waals surface area contributed by atoms with Crippen molar-refractivity contribution in [3.8, 4) is 0 Å². The standard InChI is InChI=1S/C15H26O2.C14H12F16O2/c1-6-10(2)13(16)17-12-9-11-7-8-15(12,5)14(11,3)4;1-3-5(2)6(31)32-4-8(17,18)10(21,22)12(25,26)14(29,30)13(27,28)11(23,24)9(19,20)7(15)16/h10-12H,6-9H2,1-5H3;5,7H,3-4H2,1-2H3. The lowest BCUT2D eigenvalue weighted by Gasteiger charge is -2.42. The largest absolute Gasteiger partial charge is 0.462 e. The SMILES string of the molecule is CCC(C)C(=O)OC1CC2CCC1(C)C2(C)C.CCC(C)C(=O)OCC(F)(F)C(F)(F)C(F)(F)C(F)(F)C(F)(F)C(F)(F)C(F)(F)C(F)F. The molecule has 0 radical (unpaired) electrons. The van der Waals surface area contributed by atoms with E-state index in [0.29, 0.717) is 5.41 Å². The molecular formula is C29H38F16O4.